The van der Waals surface area contributed by atoms with Crippen LogP contribution in [0.2, 0.25) is 0 Å². The van der Waals surface area contributed by atoms with Gasteiger partial charge in [0.15, 0.2) is 11.5 Å². The molecule has 4 N–H and O–H groups in total. The topological polar surface area (TPSA) is 155 Å². The van der Waals surface area contributed by atoms with Gasteiger partial charge in [0.2, 0.25) is 19.5 Å². The van der Waals surface area contributed by atoms with E-state index in [1.54, 1.807) is 12.4 Å². The number of nitrogens with one attached hydrogen (secondary N) is 1. The maximum Gasteiger partial charge on any atom is 0.307 e. The monoisotopic (exact) mass is 638 g/mol. The molecule has 1 amide bonds. The number of amides is 1. The zero-order valence-corrected chi connectivity index (χ0v) is 26.2. The minimum absolute atomic E-state index is 0.0213. The number of ether oxygens (including phenoxy) is 4. The molecule has 11 nitrogen and oxygen atoms in total. The first-order valence-corrected chi connectivity index (χ1v) is 15.7. The van der Waals surface area contributed by atoms with E-state index in [9.17, 15) is 9.59 Å². The van der Waals surface area contributed by atoms with Gasteiger partial charge in [-0.2, -0.15) is 0 Å². The number of hydrogen-bond donors (Lipinski definition) is 3. The van der Waals surface area contributed by atoms with Crippen LogP contribution < -0.4 is 30.0 Å². The summed E-state index contributed by atoms with van der Waals surface area (Å²) >= 11 is 0. The molecular formula is C36H38N4O7. The van der Waals surface area contributed by atoms with E-state index in [2.05, 4.69) is 27.4 Å². The minimum atomic E-state index is -0.663. The largest absolute Gasteiger partial charge is 0.481 e. The van der Waals surface area contributed by atoms with Crippen molar-refractivity contribution in [3.63, 3.8) is 0 Å². The van der Waals surface area contributed by atoms with Crippen molar-refractivity contribution < 1.29 is 33.6 Å². The van der Waals surface area contributed by atoms with Gasteiger partial charge in [-0.05, 0) is 72.9 Å². The van der Waals surface area contributed by atoms with Gasteiger partial charge < -0.3 is 35.1 Å². The van der Waals surface area contributed by atoms with Gasteiger partial charge in [-0.3, -0.25) is 9.59 Å². The number of nitrogens with zero attached hydrogens (tertiary/aromatic N) is 2. The van der Waals surface area contributed by atoms with Crippen molar-refractivity contribution >= 4 is 11.9 Å². The highest BCUT2D eigenvalue weighted by Gasteiger charge is 2.44. The number of carbonyl (C=O) groups excluding carboxylic acids is 1. The standard InChI is InChI=1S/C18H18N2O3.C10H10O2.C8H10N2O2/c1-11(13-7-16-18(19-9-13)23-10-22-16)20-17(21)15-8-14(15)12-5-3-2-4-6-12;11-10(12)9-6-8(9)7-4-2-1-3-5-7;1-5(9)6-2-7-8(10-3-6)12-4-11-7/h2-7,9,11,14-15H,8,10H2,1H3,(H,20,21);1-5,8-9H,6H2,(H,11,12);2-3,5H,4,9H2,1H3/t11-,14+,15-;8-,9+;5-/m010/s1. The third kappa shape index (κ3) is 7.81. The molecule has 2 aromatic heterocycles. The zero-order chi connectivity index (χ0) is 32.9. The molecule has 11 heteroatoms. The highest BCUT2D eigenvalue weighted by molar-refractivity contribution is 5.83. The first-order chi connectivity index (χ1) is 22.8. The van der Waals surface area contributed by atoms with E-state index < -0.39 is 5.97 Å². The van der Waals surface area contributed by atoms with Crippen LogP contribution in [0.15, 0.2) is 85.2 Å². The highest BCUT2D eigenvalue weighted by Crippen LogP contribution is 2.48. The second-order valence-corrected chi connectivity index (χ2v) is 12.0. The Morgan fingerprint density at radius 3 is 1.77 bits per heavy atom. The second kappa shape index (κ2) is 14.1. The molecular weight excluding hydrogens is 600 g/mol. The summed E-state index contributed by atoms with van der Waals surface area (Å²) < 4.78 is 20.7. The van der Waals surface area contributed by atoms with Gasteiger partial charge in [-0.15, -0.1) is 0 Å². The molecule has 2 saturated carbocycles. The number of hydrogen-bond acceptors (Lipinski definition) is 9. The maximum absolute atomic E-state index is 12.4. The van der Waals surface area contributed by atoms with E-state index >= 15 is 0 Å². The van der Waals surface area contributed by atoms with E-state index in [0.29, 0.717) is 29.2 Å². The van der Waals surface area contributed by atoms with Crippen LogP contribution in [0.4, 0.5) is 0 Å². The SMILES string of the molecule is C[C@H](N)c1cnc2c(c1)OCO2.C[C@H](NC(=O)[C@H]1C[C@@H]1c1ccccc1)c1cnc2c(c1)OCO2.O=C(O)[C@H]1C[C@@H]1c1ccccc1. The lowest BCUT2D eigenvalue weighted by Gasteiger charge is -2.14. The van der Waals surface area contributed by atoms with Crippen LogP contribution in [0.3, 0.4) is 0 Å². The predicted octanol–water partition coefficient (Wildman–Crippen LogP) is 5.50. The molecule has 2 fully saturated rings. The Kier molecular flexibility index (Phi) is 9.53. The molecule has 47 heavy (non-hydrogen) atoms. The summed E-state index contributed by atoms with van der Waals surface area (Å²) in [5, 5.41) is 11.8. The zero-order valence-electron chi connectivity index (χ0n) is 26.2. The number of nitrogens with two attached hydrogens (primary N) is 1. The van der Waals surface area contributed by atoms with E-state index in [4.69, 9.17) is 29.8 Å². The number of carboxylic acids is 1. The van der Waals surface area contributed by atoms with Crippen molar-refractivity contribution in [2.24, 2.45) is 17.6 Å². The second-order valence-electron chi connectivity index (χ2n) is 12.0. The minimum Gasteiger partial charge on any atom is -0.481 e. The number of rotatable bonds is 7. The van der Waals surface area contributed by atoms with Crippen molar-refractivity contribution in [2.75, 3.05) is 13.6 Å². The average Bonchev–Trinajstić information content (AvgIpc) is 3.98. The molecule has 0 saturated heterocycles. The fourth-order valence-corrected chi connectivity index (χ4v) is 5.59. The van der Waals surface area contributed by atoms with Crippen LogP contribution in [-0.4, -0.2) is 40.5 Å². The quantitative estimate of drug-likeness (QED) is 0.236. The molecule has 0 unspecified atom stereocenters. The number of aromatic nitrogens is 2. The van der Waals surface area contributed by atoms with Crippen molar-refractivity contribution in [3.8, 4) is 23.3 Å². The van der Waals surface area contributed by atoms with Crippen LogP contribution in [0.5, 0.6) is 23.3 Å². The third-order valence-electron chi connectivity index (χ3n) is 8.57. The van der Waals surface area contributed by atoms with Crippen LogP contribution in [-0.2, 0) is 9.59 Å². The molecule has 2 aromatic carbocycles. The summed E-state index contributed by atoms with van der Waals surface area (Å²) in [5.74, 6) is 2.38. The number of fused-ring (bicyclic) bond motifs is 2. The Morgan fingerprint density at radius 1 is 0.766 bits per heavy atom. The molecule has 0 bridgehead atoms. The molecule has 0 spiro atoms. The lowest BCUT2D eigenvalue weighted by molar-refractivity contribution is -0.138. The smallest absolute Gasteiger partial charge is 0.307 e. The summed E-state index contributed by atoms with van der Waals surface area (Å²) in [6, 6.07) is 23.6. The third-order valence-corrected chi connectivity index (χ3v) is 8.57. The molecule has 4 aliphatic rings. The summed E-state index contributed by atoms with van der Waals surface area (Å²) in [4.78, 5) is 31.2. The van der Waals surface area contributed by atoms with Crippen LogP contribution in [0.1, 0.15) is 72.9 Å². The van der Waals surface area contributed by atoms with Gasteiger partial charge in [0.05, 0.1) is 12.0 Å². The Labute approximate surface area is 273 Å². The van der Waals surface area contributed by atoms with Gasteiger partial charge in [0, 0.05) is 24.4 Å². The fraction of sp³-hybridized carbons (Fsp3) is 0.333. The van der Waals surface area contributed by atoms with Crippen LogP contribution in [0, 0.1) is 11.8 Å². The van der Waals surface area contributed by atoms with E-state index in [1.807, 2.05) is 74.5 Å². The molecule has 6 atom stereocenters. The summed E-state index contributed by atoms with van der Waals surface area (Å²) in [6.45, 7) is 4.31. The summed E-state index contributed by atoms with van der Waals surface area (Å²) in [6.07, 6.45) is 5.15. The summed E-state index contributed by atoms with van der Waals surface area (Å²) in [7, 11) is 0. The van der Waals surface area contributed by atoms with Gasteiger partial charge in [-0.1, -0.05) is 60.7 Å². The van der Waals surface area contributed by atoms with Crippen molar-refractivity contribution in [1.29, 1.82) is 0 Å². The normalized spacial score (nSPS) is 21.9. The molecule has 2 aliphatic carbocycles. The molecule has 4 aromatic rings. The first-order valence-electron chi connectivity index (χ1n) is 15.7. The first kappa shape index (κ1) is 31.8. The van der Waals surface area contributed by atoms with Gasteiger partial charge in [0.1, 0.15) is 0 Å². The van der Waals surface area contributed by atoms with Crippen molar-refractivity contribution in [2.45, 2.75) is 50.6 Å². The fourth-order valence-electron chi connectivity index (χ4n) is 5.59. The Hall–Kier alpha value is -5.16. The average molecular weight is 639 g/mol. The Morgan fingerprint density at radius 2 is 1.26 bits per heavy atom. The van der Waals surface area contributed by atoms with Crippen LogP contribution in [0.25, 0.3) is 0 Å². The predicted molar refractivity (Wildman–Crippen MR) is 172 cm³/mol. The number of aliphatic carboxylic acids is 1. The van der Waals surface area contributed by atoms with Gasteiger partial charge in [0.25, 0.3) is 11.8 Å². The van der Waals surface area contributed by atoms with Gasteiger partial charge >= 0.3 is 5.97 Å². The van der Waals surface area contributed by atoms with Crippen molar-refractivity contribution in [3.05, 3.63) is 107 Å². The number of pyridine rings is 2. The lowest BCUT2D eigenvalue weighted by atomic mass is 10.1. The van der Waals surface area contributed by atoms with Crippen LogP contribution >= 0.6 is 0 Å². The van der Waals surface area contributed by atoms with E-state index in [0.717, 1.165) is 29.5 Å². The molecule has 0 radical (unpaired) electrons. The molecule has 8 rings (SSSR count). The Bertz CT molecular complexity index is 1700. The van der Waals surface area contributed by atoms with E-state index in [-0.39, 0.29) is 49.3 Å². The van der Waals surface area contributed by atoms with E-state index in [1.165, 1.54) is 5.56 Å². The Balaban J connectivity index is 0.000000136. The highest BCUT2D eigenvalue weighted by atomic mass is 16.7. The maximum atomic E-state index is 12.4. The lowest BCUT2D eigenvalue weighted by Crippen LogP contribution is -2.28. The van der Waals surface area contributed by atoms with Gasteiger partial charge in [-0.25, -0.2) is 9.97 Å². The van der Waals surface area contributed by atoms with Crippen molar-refractivity contribution in [1.82, 2.24) is 15.3 Å². The summed E-state index contributed by atoms with van der Waals surface area (Å²) in [5.41, 5.74) is 9.94. The molecule has 2 aliphatic heterocycles. The molecule has 244 valence electrons. The number of benzene rings is 2. The molecule has 4 heterocycles. The number of carboxylic acid groups (broad SMARTS) is 1. The number of carbonyl (C=O) groups is 2.